The average molecular weight is 394 g/mol. The van der Waals surface area contributed by atoms with Crippen molar-refractivity contribution < 1.29 is 23.9 Å². The molecule has 1 aliphatic rings. The first-order chi connectivity index (χ1) is 14.0. The Morgan fingerprint density at radius 1 is 1.14 bits per heavy atom. The molecule has 8 heteroatoms. The highest BCUT2D eigenvalue weighted by Gasteiger charge is 2.45. The van der Waals surface area contributed by atoms with Gasteiger partial charge in [0.05, 0.1) is 6.54 Å². The molecule has 1 radical (unpaired) electrons. The van der Waals surface area contributed by atoms with Crippen LogP contribution in [-0.2, 0) is 20.9 Å². The summed E-state index contributed by atoms with van der Waals surface area (Å²) in [5, 5.41) is 2.44. The van der Waals surface area contributed by atoms with Gasteiger partial charge in [0.25, 0.3) is 0 Å². The van der Waals surface area contributed by atoms with Gasteiger partial charge in [-0.05, 0) is 11.1 Å². The molecule has 0 saturated carbocycles. The Balaban J connectivity index is 1.70. The Morgan fingerprint density at radius 3 is 2.38 bits per heavy atom. The Kier molecular flexibility index (Phi) is 6.23. The van der Waals surface area contributed by atoms with Gasteiger partial charge in [-0.3, -0.25) is 4.79 Å². The summed E-state index contributed by atoms with van der Waals surface area (Å²) in [4.78, 5) is 51.0. The van der Waals surface area contributed by atoms with Gasteiger partial charge in [0.2, 0.25) is 6.29 Å². The largest absolute Gasteiger partial charge is 0.459 e. The van der Waals surface area contributed by atoms with Crippen LogP contribution in [0.4, 0.5) is 9.59 Å². The number of esters is 1. The van der Waals surface area contributed by atoms with E-state index < -0.39 is 30.1 Å². The van der Waals surface area contributed by atoms with Gasteiger partial charge in [0.15, 0.2) is 6.04 Å². The predicted octanol–water partition coefficient (Wildman–Crippen LogP) is 2.03. The number of ether oxygens (including phenoxy) is 1. The fraction of sp³-hybridized carbons (Fsp3) is 0.238. The number of likely N-dealkylation sites (N-methyl/N-ethyl adjacent to an activating group) is 1. The number of nitrogens with one attached hydrogen (secondary N) is 1. The number of amides is 4. The van der Waals surface area contributed by atoms with E-state index in [1.54, 1.807) is 48.8 Å². The fourth-order valence-electron chi connectivity index (χ4n) is 2.99. The van der Waals surface area contributed by atoms with Crippen LogP contribution in [0.3, 0.4) is 0 Å². The van der Waals surface area contributed by atoms with E-state index in [9.17, 15) is 19.2 Å². The molecule has 149 valence electrons. The van der Waals surface area contributed by atoms with Crippen molar-refractivity contribution in [2.45, 2.75) is 18.7 Å². The third kappa shape index (κ3) is 4.60. The zero-order valence-corrected chi connectivity index (χ0v) is 15.8. The van der Waals surface area contributed by atoms with Crippen molar-refractivity contribution in [2.24, 2.45) is 0 Å². The minimum Gasteiger partial charge on any atom is -0.459 e. The highest BCUT2D eigenvalue weighted by Crippen LogP contribution is 2.19. The first-order valence-corrected chi connectivity index (χ1v) is 8.99. The lowest BCUT2D eigenvalue weighted by Crippen LogP contribution is -2.50. The predicted molar refractivity (Wildman–Crippen MR) is 103 cm³/mol. The van der Waals surface area contributed by atoms with Gasteiger partial charge >= 0.3 is 18.0 Å². The molecule has 1 N–H and O–H groups in total. The van der Waals surface area contributed by atoms with E-state index in [2.05, 4.69) is 5.32 Å². The number of hydrogen-bond acceptors (Lipinski definition) is 5. The third-order valence-corrected chi connectivity index (χ3v) is 4.52. The van der Waals surface area contributed by atoms with Crippen LogP contribution in [0.1, 0.15) is 17.2 Å². The molecule has 2 unspecified atom stereocenters. The SMILES string of the molecule is CN1CC(C(=O)OCc2ccccc2)N(C(=O)NC([C]=O)c2ccccc2)C1=O. The minimum atomic E-state index is -1.11. The molecular weight excluding hydrogens is 374 g/mol. The Bertz CT molecular complexity index is 888. The van der Waals surface area contributed by atoms with E-state index in [1.165, 1.54) is 11.9 Å². The number of imide groups is 1. The lowest BCUT2D eigenvalue weighted by molar-refractivity contribution is -0.148. The van der Waals surface area contributed by atoms with Gasteiger partial charge in [-0.15, -0.1) is 0 Å². The second kappa shape index (κ2) is 9.01. The summed E-state index contributed by atoms with van der Waals surface area (Å²) in [6.45, 7) is 0.0268. The molecule has 29 heavy (non-hydrogen) atoms. The van der Waals surface area contributed by atoms with Crippen molar-refractivity contribution >= 4 is 24.3 Å². The van der Waals surface area contributed by atoms with Crippen LogP contribution in [0.5, 0.6) is 0 Å². The molecule has 4 amide bonds. The van der Waals surface area contributed by atoms with Crippen LogP contribution in [-0.4, -0.2) is 53.8 Å². The summed E-state index contributed by atoms with van der Waals surface area (Å²) in [6.07, 6.45) is 1.74. The molecule has 1 saturated heterocycles. The monoisotopic (exact) mass is 394 g/mol. The van der Waals surface area contributed by atoms with Crippen molar-refractivity contribution in [1.82, 2.24) is 15.1 Å². The van der Waals surface area contributed by atoms with Crippen molar-refractivity contribution in [1.29, 1.82) is 0 Å². The summed E-state index contributed by atoms with van der Waals surface area (Å²) in [7, 11) is 1.48. The highest BCUT2D eigenvalue weighted by atomic mass is 16.5. The number of carbonyl (C=O) groups excluding carboxylic acids is 4. The van der Waals surface area contributed by atoms with Gasteiger partial charge in [-0.2, -0.15) is 0 Å². The molecule has 0 aromatic heterocycles. The Morgan fingerprint density at radius 2 is 1.76 bits per heavy atom. The molecule has 8 nitrogen and oxygen atoms in total. The van der Waals surface area contributed by atoms with Crippen molar-refractivity contribution in [2.75, 3.05) is 13.6 Å². The van der Waals surface area contributed by atoms with E-state index >= 15 is 0 Å². The third-order valence-electron chi connectivity index (χ3n) is 4.52. The van der Waals surface area contributed by atoms with Gasteiger partial charge < -0.3 is 15.0 Å². The first kappa shape index (κ1) is 20.1. The quantitative estimate of drug-likeness (QED) is 0.757. The van der Waals surface area contributed by atoms with E-state index in [4.69, 9.17) is 4.74 Å². The smallest absolute Gasteiger partial charge is 0.331 e. The topological polar surface area (TPSA) is 96.0 Å². The molecule has 2 aromatic carbocycles. The maximum absolute atomic E-state index is 12.7. The summed E-state index contributed by atoms with van der Waals surface area (Å²) in [5.41, 5.74) is 1.30. The molecule has 0 bridgehead atoms. The van der Waals surface area contributed by atoms with Crippen LogP contribution in [0.2, 0.25) is 0 Å². The van der Waals surface area contributed by atoms with Crippen LogP contribution in [0.25, 0.3) is 0 Å². The number of rotatable bonds is 6. The van der Waals surface area contributed by atoms with E-state index in [0.717, 1.165) is 10.5 Å². The number of benzene rings is 2. The summed E-state index contributed by atoms with van der Waals surface area (Å²) in [5.74, 6) is -0.701. The minimum absolute atomic E-state index is 0.000678. The fourth-order valence-corrected chi connectivity index (χ4v) is 2.99. The molecule has 1 fully saturated rings. The summed E-state index contributed by atoms with van der Waals surface area (Å²) >= 11 is 0. The standard InChI is InChI=1S/C21H20N3O5/c1-23-12-18(19(26)29-14-15-8-4-2-5-9-15)24(21(23)28)20(27)22-17(13-25)16-10-6-3-7-11-16/h2-11,17-18H,12,14H2,1H3,(H,22,27). The molecule has 0 aliphatic carbocycles. The maximum atomic E-state index is 12.7. The number of nitrogens with zero attached hydrogens (tertiary/aromatic N) is 2. The van der Waals surface area contributed by atoms with Crippen LogP contribution in [0.15, 0.2) is 60.7 Å². The normalized spacial score (nSPS) is 17.0. The first-order valence-electron chi connectivity index (χ1n) is 8.99. The molecule has 1 aliphatic heterocycles. The van der Waals surface area contributed by atoms with Crippen molar-refractivity contribution in [3.63, 3.8) is 0 Å². The molecular formula is C21H20N3O5. The number of urea groups is 2. The Labute approximate surface area is 168 Å². The molecule has 3 rings (SSSR count). The van der Waals surface area contributed by atoms with Crippen LogP contribution < -0.4 is 5.32 Å². The van der Waals surface area contributed by atoms with E-state index in [0.29, 0.717) is 5.56 Å². The summed E-state index contributed by atoms with van der Waals surface area (Å²) < 4.78 is 5.29. The number of carbonyl (C=O) groups is 3. The second-order valence-corrected chi connectivity index (χ2v) is 6.55. The van der Waals surface area contributed by atoms with Gasteiger partial charge in [0.1, 0.15) is 12.6 Å². The lowest BCUT2D eigenvalue weighted by Gasteiger charge is -2.22. The zero-order chi connectivity index (χ0) is 20.8. The molecule has 2 aromatic rings. The highest BCUT2D eigenvalue weighted by molar-refractivity contribution is 6.01. The van der Waals surface area contributed by atoms with Gasteiger partial charge in [0, 0.05) is 7.05 Å². The lowest BCUT2D eigenvalue weighted by atomic mass is 10.1. The van der Waals surface area contributed by atoms with Gasteiger partial charge in [-0.25, -0.2) is 19.3 Å². The van der Waals surface area contributed by atoms with Crippen LogP contribution in [0, 0.1) is 0 Å². The second-order valence-electron chi connectivity index (χ2n) is 6.55. The summed E-state index contributed by atoms with van der Waals surface area (Å²) in [6, 6.07) is 13.9. The Hall–Kier alpha value is -3.68. The molecule has 0 spiro atoms. The van der Waals surface area contributed by atoms with E-state index in [1.807, 2.05) is 18.2 Å². The maximum Gasteiger partial charge on any atom is 0.331 e. The van der Waals surface area contributed by atoms with E-state index in [-0.39, 0.29) is 13.2 Å². The zero-order valence-electron chi connectivity index (χ0n) is 15.8. The van der Waals surface area contributed by atoms with Crippen molar-refractivity contribution in [3.8, 4) is 0 Å². The average Bonchev–Trinajstić information content (AvgIpc) is 3.06. The number of hydrogen-bond donors (Lipinski definition) is 1. The molecule has 2 atom stereocenters. The van der Waals surface area contributed by atoms with Gasteiger partial charge in [-0.1, -0.05) is 60.7 Å². The molecule has 1 heterocycles. The van der Waals surface area contributed by atoms with Crippen LogP contribution >= 0.6 is 0 Å². The van der Waals surface area contributed by atoms with Crippen molar-refractivity contribution in [3.05, 3.63) is 71.8 Å².